The number of para-hydroxylation sites is 6. The summed E-state index contributed by atoms with van der Waals surface area (Å²) in [5, 5.41) is 0.0904. The molecule has 562 valence electrons. The number of benzene rings is 15. The van der Waals surface area contributed by atoms with Crippen LogP contribution in [-0.2, 0) is 27.1 Å². The van der Waals surface area contributed by atoms with Gasteiger partial charge in [-0.1, -0.05) is 346 Å². The first-order chi connectivity index (χ1) is 61.8. The third kappa shape index (κ3) is 12.7. The van der Waals surface area contributed by atoms with Crippen LogP contribution in [0, 0.1) is 0 Å². The first kappa shape index (κ1) is 56.7. The molecule has 0 N–H and O–H groups in total. The maximum atomic E-state index is 9.18. The van der Waals surface area contributed by atoms with Crippen LogP contribution in [-0.4, -0.2) is 15.8 Å². The molecule has 0 fully saturated rings. The van der Waals surface area contributed by atoms with Gasteiger partial charge in [-0.05, 0) is 212 Å². The topological polar surface area (TPSA) is 16.3 Å². The largest absolute Gasteiger partial charge is 0.311 e. The maximum Gasteiger partial charge on any atom is 0.252 e. The number of nitrogens with zero attached hydrogens (tertiary/aromatic N) is 4. The molecule has 17 aromatic rings. The van der Waals surface area contributed by atoms with E-state index in [4.69, 9.17) is 16.4 Å². The lowest BCUT2D eigenvalue weighted by atomic mass is 9.33. The van der Waals surface area contributed by atoms with Gasteiger partial charge in [-0.25, -0.2) is 0 Å². The van der Waals surface area contributed by atoms with Crippen molar-refractivity contribution in [3.63, 3.8) is 0 Å². The molecule has 0 saturated carbocycles. The fraction of sp³-hybridized carbons (Fsp3) is 0.182. The molecular weight excluding hydrogens is 1390 g/mol. The van der Waals surface area contributed by atoms with E-state index in [1.807, 2.05) is 48.5 Å². The summed E-state index contributed by atoms with van der Waals surface area (Å²) < 4.78 is 145. The average molecular weight is 1500 g/mol. The molecule has 2 aliphatic rings. The maximum absolute atomic E-state index is 9.18. The molecule has 115 heavy (non-hydrogen) atoms. The molecule has 0 amide bonds. The van der Waals surface area contributed by atoms with Crippen LogP contribution in [0.5, 0.6) is 0 Å². The molecular formula is C110H99BN4. The van der Waals surface area contributed by atoms with Crippen LogP contribution in [0.4, 0.5) is 34.1 Å². The van der Waals surface area contributed by atoms with E-state index in [0.29, 0.717) is 11.4 Å². The normalized spacial score (nSPS) is 15.1. The number of anilines is 6. The van der Waals surface area contributed by atoms with Crippen molar-refractivity contribution in [1.82, 2.24) is 9.13 Å². The molecule has 19 rings (SSSR count). The SMILES string of the molecule is [2H]c1c([2H])c([2H])c2c(c1[2H])c1c([2H])c([2H])c([2H])c([2H])c1n2-c1ccc(-c2ccc(-c3ccccc3N3c4ccc(-c5cc(C(C)(C)C)cc(C(C)(C)C)c5)cc4B4c5cc(-c6cc(C(C)(C)C)cc(C(C)(C)C)c6)ccc5N(c5ccccc5-c5ccc(-c6ccc(-n7c8c([2H])c([2H])c([2H])c([2H])c8c8c([2H])c([2H])c([2H])c([2H])c87)cc6)cc5)c5cc(C(C)(C)C)cc3c54)cc2)cc1. The molecule has 0 aliphatic carbocycles. The van der Waals surface area contributed by atoms with Gasteiger partial charge in [-0.3, -0.25) is 0 Å². The Kier molecular flexibility index (Phi) is 13.4. The van der Waals surface area contributed by atoms with Gasteiger partial charge >= 0.3 is 0 Å². The van der Waals surface area contributed by atoms with Crippen molar-refractivity contribution in [2.24, 2.45) is 0 Å². The summed E-state index contributed by atoms with van der Waals surface area (Å²) in [5.74, 6) is 0. The van der Waals surface area contributed by atoms with Crippen LogP contribution >= 0.6 is 0 Å². The van der Waals surface area contributed by atoms with Gasteiger partial charge in [0, 0.05) is 66.8 Å². The summed E-state index contributed by atoms with van der Waals surface area (Å²) in [7, 11) is 0. The first-order valence-corrected chi connectivity index (χ1v) is 39.8. The lowest BCUT2D eigenvalue weighted by Gasteiger charge is -2.46. The second kappa shape index (κ2) is 27.1. The minimum atomic E-state index is -0.494. The van der Waals surface area contributed by atoms with Gasteiger partial charge in [0.25, 0.3) is 6.71 Å². The Bertz CT molecular complexity index is 7060. The van der Waals surface area contributed by atoms with E-state index in [0.717, 1.165) is 123 Å². The van der Waals surface area contributed by atoms with Crippen LogP contribution in [0.25, 0.3) is 122 Å². The number of hydrogen-bond acceptors (Lipinski definition) is 2. The van der Waals surface area contributed by atoms with Crippen LogP contribution in [0.15, 0.2) is 327 Å². The average Bonchev–Trinajstić information content (AvgIpc) is 1.69. The Labute approximate surface area is 702 Å². The van der Waals surface area contributed by atoms with Crippen LogP contribution in [0.3, 0.4) is 0 Å². The van der Waals surface area contributed by atoms with E-state index in [9.17, 15) is 5.48 Å². The minimum Gasteiger partial charge on any atom is -0.311 e. The molecule has 5 heteroatoms. The second-order valence-corrected chi connectivity index (χ2v) is 36.3. The van der Waals surface area contributed by atoms with E-state index >= 15 is 0 Å². The number of hydrogen-bond donors (Lipinski definition) is 0. The predicted molar refractivity (Wildman–Crippen MR) is 495 cm³/mol. The van der Waals surface area contributed by atoms with Crippen molar-refractivity contribution in [1.29, 1.82) is 0 Å². The highest BCUT2D eigenvalue weighted by atomic mass is 15.2. The molecule has 0 atom stereocenters. The Hall–Kier alpha value is -12.4. The summed E-state index contributed by atoms with van der Waals surface area (Å²) in [5.41, 5.74) is 27.5. The molecule has 4 heterocycles. The van der Waals surface area contributed by atoms with Gasteiger partial charge in [0.1, 0.15) is 0 Å². The van der Waals surface area contributed by atoms with Gasteiger partial charge in [0.15, 0.2) is 0 Å². The quantitative estimate of drug-likeness (QED) is 0.127. The highest BCUT2D eigenvalue weighted by Gasteiger charge is 2.46. The fourth-order valence-corrected chi connectivity index (χ4v) is 17.1. The zero-order valence-corrected chi connectivity index (χ0v) is 67.8. The second-order valence-electron chi connectivity index (χ2n) is 36.3. The fourth-order valence-electron chi connectivity index (χ4n) is 17.1. The summed E-state index contributed by atoms with van der Waals surface area (Å²) >= 11 is 0. The molecule has 0 unspecified atom stereocenters. The molecule has 15 aromatic carbocycles. The van der Waals surface area contributed by atoms with E-state index in [-0.39, 0.29) is 120 Å². The van der Waals surface area contributed by atoms with Gasteiger partial charge in [-0.2, -0.15) is 0 Å². The zero-order chi connectivity index (χ0) is 93.3. The van der Waals surface area contributed by atoms with Crippen molar-refractivity contribution < 1.29 is 21.9 Å². The number of rotatable bonds is 10. The molecule has 0 radical (unpaired) electrons. The van der Waals surface area contributed by atoms with Gasteiger partial charge < -0.3 is 18.9 Å². The lowest BCUT2D eigenvalue weighted by molar-refractivity contribution is 0.568. The molecule has 2 aromatic heterocycles. The Balaban J connectivity index is 0.798. The van der Waals surface area contributed by atoms with Crippen molar-refractivity contribution >= 4 is 101 Å². The van der Waals surface area contributed by atoms with Gasteiger partial charge in [0.05, 0.1) is 55.4 Å². The smallest absolute Gasteiger partial charge is 0.252 e. The summed E-state index contributed by atoms with van der Waals surface area (Å²) in [6.07, 6.45) is 0. The van der Waals surface area contributed by atoms with E-state index in [1.54, 1.807) is 0 Å². The third-order valence-corrected chi connectivity index (χ3v) is 23.6. The van der Waals surface area contributed by atoms with E-state index in [2.05, 4.69) is 296 Å². The highest BCUT2D eigenvalue weighted by Crippen LogP contribution is 2.52. The zero-order valence-electron chi connectivity index (χ0n) is 83.8. The Morgan fingerprint density at radius 2 is 0.504 bits per heavy atom. The van der Waals surface area contributed by atoms with Gasteiger partial charge in [-0.15, -0.1) is 0 Å². The summed E-state index contributed by atoms with van der Waals surface area (Å²) in [4.78, 5) is 5.04. The molecule has 0 bridgehead atoms. The van der Waals surface area contributed by atoms with Crippen molar-refractivity contribution in [2.45, 2.75) is 131 Å². The van der Waals surface area contributed by atoms with E-state index in [1.165, 1.54) is 31.4 Å². The highest BCUT2D eigenvalue weighted by molar-refractivity contribution is 7.00. The minimum absolute atomic E-state index is 0.0226. The molecule has 2 aliphatic heterocycles. The molecule has 0 saturated heterocycles. The molecule has 4 nitrogen and oxygen atoms in total. The van der Waals surface area contributed by atoms with Crippen LogP contribution < -0.4 is 26.2 Å². The Morgan fingerprint density at radius 1 is 0.235 bits per heavy atom. The van der Waals surface area contributed by atoms with Crippen molar-refractivity contribution in [3.05, 3.63) is 355 Å². The predicted octanol–water partition coefficient (Wildman–Crippen LogP) is 28.5. The summed E-state index contributed by atoms with van der Waals surface area (Å²) in [6, 6.07) is 76.2. The first-order valence-electron chi connectivity index (χ1n) is 47.8. The van der Waals surface area contributed by atoms with Crippen LogP contribution in [0.1, 0.15) is 154 Å². The van der Waals surface area contributed by atoms with Crippen molar-refractivity contribution in [2.75, 3.05) is 9.80 Å². The summed E-state index contributed by atoms with van der Waals surface area (Å²) in [6.45, 7) is 34.0. The monoisotopic (exact) mass is 1500 g/mol. The third-order valence-electron chi connectivity index (χ3n) is 23.6. The number of aromatic nitrogens is 2. The Morgan fingerprint density at radius 3 is 0.817 bits per heavy atom. The van der Waals surface area contributed by atoms with Crippen molar-refractivity contribution in [3.8, 4) is 78.1 Å². The standard InChI is InChI=1S/C110H99BN4/c1-106(2,3)80-60-78(61-81(66-80)107(4,5)6)76-52-58-101-93(64-76)111-94-65-77(79-62-82(108(7,8)9)67-83(63-79)109(10,11)12)53-59-102(94)115(96-35-23-17-29-88(96)75-46-42-71(43-47-75)73-50-56-86(57-51-73)113-99-38-26-20-32-91(99)92-33-21-27-39-100(92)113)104-69-84(110(13,14)15)68-103(105(104)111)114(101)95-34-22-16-28-87(95)74-44-40-70(41-45-74)72-48-54-85(55-49-72)112-97-36-24-18-30-89(97)90-31-19-25-37-98(90)112/h16-69H,1-15H3/i18D,19D,20D,21D,24D,25D,26D,27D,30D,31D,32D,33D,36D,37D,38D,39D. The van der Waals surface area contributed by atoms with Crippen LogP contribution in [0.2, 0.25) is 0 Å². The molecule has 0 spiro atoms. The number of fused-ring (bicyclic) bond motifs is 10. The van der Waals surface area contributed by atoms with E-state index < -0.39 is 53.8 Å². The van der Waals surface area contributed by atoms with Gasteiger partial charge in [0.2, 0.25) is 0 Å². The lowest BCUT2D eigenvalue weighted by Crippen LogP contribution is -2.61.